The molecule has 9 nitrogen and oxygen atoms in total. The normalized spacial score (nSPS) is 12.2. The number of nitrogen functional groups attached to an aromatic ring is 1. The fourth-order valence-corrected chi connectivity index (χ4v) is 6.48. The summed E-state index contributed by atoms with van der Waals surface area (Å²) in [5.41, 5.74) is 12.2. The van der Waals surface area contributed by atoms with Crippen molar-refractivity contribution in [2.45, 2.75) is 83.7 Å². The fraction of sp³-hybridized carbons (Fsp3) is 0.400. The number of para-hydroxylation sites is 1. The Balaban J connectivity index is 0.866. The van der Waals surface area contributed by atoms with Gasteiger partial charge in [0.25, 0.3) is 0 Å². The van der Waals surface area contributed by atoms with E-state index >= 15 is 0 Å². The van der Waals surface area contributed by atoms with Gasteiger partial charge in [0, 0.05) is 24.1 Å². The summed E-state index contributed by atoms with van der Waals surface area (Å²) in [7, 11) is 0. The lowest BCUT2D eigenvalue weighted by molar-refractivity contribution is 0.114. The van der Waals surface area contributed by atoms with E-state index in [1.807, 2.05) is 54.3 Å². The highest BCUT2D eigenvalue weighted by atomic mass is 16.5. The molecule has 6 rings (SSSR count). The van der Waals surface area contributed by atoms with Gasteiger partial charge in [-0.1, -0.05) is 111 Å². The average Bonchev–Trinajstić information content (AvgIpc) is 3.80. The first-order valence-corrected chi connectivity index (χ1v) is 18.0. The number of anilines is 1. The van der Waals surface area contributed by atoms with Crippen LogP contribution in [0.5, 0.6) is 5.75 Å². The van der Waals surface area contributed by atoms with E-state index in [1.165, 1.54) is 50.5 Å². The first-order valence-electron chi connectivity index (χ1n) is 18.0. The highest BCUT2D eigenvalue weighted by molar-refractivity contribution is 6.06. The van der Waals surface area contributed by atoms with Crippen molar-refractivity contribution < 1.29 is 9.47 Å². The molecule has 0 amide bonds. The number of rotatable bonds is 20. The van der Waals surface area contributed by atoms with Gasteiger partial charge >= 0.3 is 0 Å². The zero-order valence-corrected chi connectivity index (χ0v) is 28.7. The Hall–Kier alpha value is -4.76. The standard InChI is InChI=1S/C40H49N7O2/c1-2-48-29-33(47-30-42-38-39(47)35-19-13-14-20-36(35)43-40(38)41)27-31-21-23-34(24-22-31)49-26-16-9-7-5-3-4-6-8-15-25-46-28-37(44-45-46)32-17-11-10-12-18-32/h10-14,17-24,28,30,33H,2-9,15-16,25-27,29H2,1H3,(H2,41,43)/t33-/m0/s1. The maximum Gasteiger partial charge on any atom is 0.152 e. The van der Waals surface area contributed by atoms with Crippen LogP contribution in [0.15, 0.2) is 91.4 Å². The summed E-state index contributed by atoms with van der Waals surface area (Å²) < 4.78 is 16.2. The molecule has 0 saturated heterocycles. The third-order valence-electron chi connectivity index (χ3n) is 9.15. The van der Waals surface area contributed by atoms with Crippen molar-refractivity contribution in [1.82, 2.24) is 29.5 Å². The Morgan fingerprint density at radius 3 is 2.29 bits per heavy atom. The Kier molecular flexibility index (Phi) is 12.2. The molecule has 3 heterocycles. The second kappa shape index (κ2) is 17.6. The predicted octanol–water partition coefficient (Wildman–Crippen LogP) is 8.84. The van der Waals surface area contributed by atoms with Crippen LogP contribution >= 0.6 is 0 Å². The van der Waals surface area contributed by atoms with Gasteiger partial charge in [-0.25, -0.2) is 9.97 Å². The summed E-state index contributed by atoms with van der Waals surface area (Å²) in [5.74, 6) is 1.37. The maximum atomic E-state index is 6.30. The van der Waals surface area contributed by atoms with Gasteiger partial charge in [0.15, 0.2) is 5.82 Å². The van der Waals surface area contributed by atoms with Crippen LogP contribution in [0.4, 0.5) is 5.82 Å². The van der Waals surface area contributed by atoms with Crippen LogP contribution in [-0.4, -0.2) is 49.3 Å². The number of imidazole rings is 1. The molecule has 9 heteroatoms. The monoisotopic (exact) mass is 659 g/mol. The molecule has 0 radical (unpaired) electrons. The van der Waals surface area contributed by atoms with E-state index in [2.05, 4.69) is 73.5 Å². The second-order valence-electron chi connectivity index (χ2n) is 12.8. The SMILES string of the molecule is CCOC[C@H](Cc1ccc(OCCCCCCCCCCCn2cc(-c3ccccc3)nn2)cc1)n1cnc2c(N)nc3ccccc3c21. The molecule has 0 saturated carbocycles. The number of ether oxygens (including phenoxy) is 2. The van der Waals surface area contributed by atoms with Crippen LogP contribution in [0.1, 0.15) is 76.3 Å². The van der Waals surface area contributed by atoms with Gasteiger partial charge in [-0.2, -0.15) is 0 Å². The molecule has 256 valence electrons. The quantitative estimate of drug-likeness (QED) is 0.0817. The van der Waals surface area contributed by atoms with Crippen molar-refractivity contribution >= 4 is 27.8 Å². The van der Waals surface area contributed by atoms with E-state index in [4.69, 9.17) is 15.2 Å². The van der Waals surface area contributed by atoms with E-state index in [1.54, 1.807) is 0 Å². The Bertz CT molecular complexity index is 1870. The maximum absolute atomic E-state index is 6.30. The van der Waals surface area contributed by atoms with Crippen LogP contribution < -0.4 is 10.5 Å². The molecule has 0 fully saturated rings. The van der Waals surface area contributed by atoms with Gasteiger partial charge in [-0.15, -0.1) is 5.10 Å². The molecular formula is C40H49N7O2. The molecule has 0 aliphatic rings. The van der Waals surface area contributed by atoms with E-state index in [-0.39, 0.29) is 6.04 Å². The van der Waals surface area contributed by atoms with E-state index < -0.39 is 0 Å². The van der Waals surface area contributed by atoms with Crippen molar-refractivity contribution in [2.75, 3.05) is 25.6 Å². The van der Waals surface area contributed by atoms with Crippen LogP contribution in [0.2, 0.25) is 0 Å². The van der Waals surface area contributed by atoms with Crippen LogP contribution in [0, 0.1) is 0 Å². The molecule has 0 aliphatic heterocycles. The van der Waals surface area contributed by atoms with Gasteiger partial charge in [-0.05, 0) is 49.9 Å². The zero-order chi connectivity index (χ0) is 33.7. The van der Waals surface area contributed by atoms with Crippen molar-refractivity contribution in [2.24, 2.45) is 0 Å². The lowest BCUT2D eigenvalue weighted by Crippen LogP contribution is -2.18. The summed E-state index contributed by atoms with van der Waals surface area (Å²) in [6.07, 6.45) is 15.9. The van der Waals surface area contributed by atoms with Crippen LogP contribution in [0.25, 0.3) is 33.2 Å². The number of nitrogens with two attached hydrogens (primary N) is 1. The number of unbranched alkanes of at least 4 members (excludes halogenated alkanes) is 8. The van der Waals surface area contributed by atoms with Crippen molar-refractivity contribution in [3.8, 4) is 17.0 Å². The Labute approximate surface area is 289 Å². The number of aromatic nitrogens is 6. The van der Waals surface area contributed by atoms with Gasteiger partial charge in [-0.3, -0.25) is 4.68 Å². The Morgan fingerprint density at radius 2 is 1.51 bits per heavy atom. The van der Waals surface area contributed by atoms with Crippen molar-refractivity contribution in [3.05, 3.63) is 97.0 Å². The number of fused-ring (bicyclic) bond motifs is 3. The summed E-state index contributed by atoms with van der Waals surface area (Å²) in [6.45, 7) is 4.95. The molecule has 0 aliphatic carbocycles. The molecule has 49 heavy (non-hydrogen) atoms. The summed E-state index contributed by atoms with van der Waals surface area (Å²) in [4.78, 5) is 9.21. The van der Waals surface area contributed by atoms with Gasteiger partial charge in [0.1, 0.15) is 17.0 Å². The minimum absolute atomic E-state index is 0.0650. The predicted molar refractivity (Wildman–Crippen MR) is 198 cm³/mol. The Morgan fingerprint density at radius 1 is 0.796 bits per heavy atom. The van der Waals surface area contributed by atoms with Crippen LogP contribution in [0.3, 0.4) is 0 Å². The molecule has 0 unspecified atom stereocenters. The highest BCUT2D eigenvalue weighted by Crippen LogP contribution is 2.30. The summed E-state index contributed by atoms with van der Waals surface area (Å²) in [5, 5.41) is 9.65. The summed E-state index contributed by atoms with van der Waals surface area (Å²) in [6, 6.07) is 26.9. The highest BCUT2D eigenvalue weighted by Gasteiger charge is 2.19. The first-order chi connectivity index (χ1) is 24.2. The molecule has 6 aromatic rings. The molecular weight excluding hydrogens is 610 g/mol. The summed E-state index contributed by atoms with van der Waals surface area (Å²) >= 11 is 0. The minimum Gasteiger partial charge on any atom is -0.494 e. The molecule has 0 bridgehead atoms. The number of benzene rings is 3. The molecule has 0 spiro atoms. The molecule has 2 N–H and O–H groups in total. The van der Waals surface area contributed by atoms with Gasteiger partial charge < -0.3 is 19.8 Å². The average molecular weight is 660 g/mol. The van der Waals surface area contributed by atoms with Crippen LogP contribution in [-0.2, 0) is 17.7 Å². The molecule has 3 aromatic heterocycles. The third-order valence-corrected chi connectivity index (χ3v) is 9.15. The third kappa shape index (κ3) is 9.23. The second-order valence-corrected chi connectivity index (χ2v) is 12.8. The van der Waals surface area contributed by atoms with E-state index in [9.17, 15) is 0 Å². The number of hydrogen-bond donors (Lipinski definition) is 1. The lowest BCUT2D eigenvalue weighted by atomic mass is 10.1. The van der Waals surface area contributed by atoms with Gasteiger partial charge in [0.05, 0.1) is 42.8 Å². The lowest BCUT2D eigenvalue weighted by Gasteiger charge is -2.20. The number of hydrogen-bond acceptors (Lipinski definition) is 7. The van der Waals surface area contributed by atoms with E-state index in [0.717, 1.165) is 71.4 Å². The van der Waals surface area contributed by atoms with Gasteiger partial charge in [0.2, 0.25) is 0 Å². The number of aryl methyl sites for hydroxylation is 1. The fourth-order valence-electron chi connectivity index (χ4n) is 6.48. The smallest absolute Gasteiger partial charge is 0.152 e. The molecule has 3 aromatic carbocycles. The minimum atomic E-state index is 0.0650. The van der Waals surface area contributed by atoms with Crippen molar-refractivity contribution in [1.29, 1.82) is 0 Å². The van der Waals surface area contributed by atoms with Crippen molar-refractivity contribution in [3.63, 3.8) is 0 Å². The first kappa shape index (κ1) is 34.1. The number of nitrogens with zero attached hydrogens (tertiary/aromatic N) is 6. The zero-order valence-electron chi connectivity index (χ0n) is 28.7. The number of pyridine rings is 1. The molecule has 1 atom stereocenters. The van der Waals surface area contributed by atoms with E-state index in [0.29, 0.717) is 19.0 Å². The largest absolute Gasteiger partial charge is 0.494 e. The topological polar surface area (TPSA) is 106 Å².